The second-order valence-corrected chi connectivity index (χ2v) is 11.3. The number of aryl methyl sites for hydroxylation is 2. The van der Waals surface area contributed by atoms with Crippen LogP contribution in [0.25, 0.3) is 10.6 Å². The number of carbonyl (C=O) groups is 2. The van der Waals surface area contributed by atoms with Gasteiger partial charge in [0, 0.05) is 61.6 Å². The first-order valence-electron chi connectivity index (χ1n) is 13.1. The lowest BCUT2D eigenvalue weighted by Crippen LogP contribution is -2.49. The lowest BCUT2D eigenvalue weighted by molar-refractivity contribution is -0.151. The molecule has 0 spiro atoms. The number of hydrogen-bond donors (Lipinski definition) is 2. The van der Waals surface area contributed by atoms with E-state index >= 15 is 0 Å². The van der Waals surface area contributed by atoms with Crippen LogP contribution in [0.5, 0.6) is 0 Å². The topological polar surface area (TPSA) is 80.8 Å². The molecular formula is C29H40Cl2N6O2S. The zero-order valence-electron chi connectivity index (χ0n) is 23.8. The number of anilines is 1. The highest BCUT2D eigenvalue weighted by atomic mass is 35.5. The summed E-state index contributed by atoms with van der Waals surface area (Å²) in [5.41, 5.74) is 5.42. The zero-order valence-corrected chi connectivity index (χ0v) is 26.2. The van der Waals surface area contributed by atoms with E-state index in [2.05, 4.69) is 47.7 Å². The number of aromatic nitrogens is 1. The first kappa shape index (κ1) is 33.5. The van der Waals surface area contributed by atoms with E-state index in [0.717, 1.165) is 26.7 Å². The molecule has 1 aliphatic rings. The molecule has 11 heteroatoms. The minimum atomic E-state index is -0.114. The lowest BCUT2D eigenvalue weighted by Gasteiger charge is -2.31. The van der Waals surface area contributed by atoms with Crippen molar-refractivity contribution in [1.29, 1.82) is 0 Å². The minimum absolute atomic E-state index is 0. The third-order valence-electron chi connectivity index (χ3n) is 6.76. The number of nitrogens with zero attached hydrogens (tertiary/aromatic N) is 4. The summed E-state index contributed by atoms with van der Waals surface area (Å²) in [6.07, 6.45) is 1.87. The Morgan fingerprint density at radius 2 is 1.73 bits per heavy atom. The molecule has 2 amide bonds. The largest absolute Gasteiger partial charge is 0.376 e. The molecule has 2 heterocycles. The van der Waals surface area contributed by atoms with Crippen molar-refractivity contribution in [2.24, 2.45) is 0 Å². The Balaban J connectivity index is 0.00000280. The fourth-order valence-electron chi connectivity index (χ4n) is 4.45. The number of amides is 2. The molecule has 0 unspecified atom stereocenters. The van der Waals surface area contributed by atoms with Crippen molar-refractivity contribution in [2.45, 2.75) is 46.8 Å². The van der Waals surface area contributed by atoms with Crippen LogP contribution in [0.1, 0.15) is 35.4 Å². The number of likely N-dealkylation sites (N-methyl/N-ethyl adjacent to an activating group) is 1. The van der Waals surface area contributed by atoms with Gasteiger partial charge in [-0.25, -0.2) is 9.99 Å². The molecule has 0 radical (unpaired) electrons. The number of rotatable bonds is 11. The summed E-state index contributed by atoms with van der Waals surface area (Å²) in [5.74, 6) is -0.218. The van der Waals surface area contributed by atoms with Gasteiger partial charge in [0.25, 0.3) is 5.91 Å². The van der Waals surface area contributed by atoms with Crippen molar-refractivity contribution in [3.05, 3.63) is 70.2 Å². The molecule has 0 fully saturated rings. The van der Waals surface area contributed by atoms with E-state index in [4.69, 9.17) is 0 Å². The fourth-order valence-corrected chi connectivity index (χ4v) is 5.21. The van der Waals surface area contributed by atoms with Crippen molar-refractivity contribution in [1.82, 2.24) is 25.2 Å². The number of carbonyl (C=O) groups excluding carboxylic acids is 2. The molecule has 1 aliphatic heterocycles. The predicted octanol–water partition coefficient (Wildman–Crippen LogP) is 4.90. The second-order valence-electron chi connectivity index (χ2n) is 10.1. The Bertz CT molecular complexity index is 1260. The molecular weight excluding hydrogens is 567 g/mol. The standard InChI is InChI=1S/C29H38N6O2S.2ClH/c1-20(2)30-12-13-34(19-28(37)33(5)35-17-24-8-6-7-9-25(24)18-35)27(36)16-31-26-14-23(11-10-21(26)3)29-32-15-22(4)38-29;;/h6-11,14-15,20,30-31H,12-13,16-19H2,1-5H3;2*1H. The summed E-state index contributed by atoms with van der Waals surface area (Å²) in [4.78, 5) is 33.9. The van der Waals surface area contributed by atoms with Gasteiger partial charge in [0.1, 0.15) is 11.6 Å². The van der Waals surface area contributed by atoms with E-state index < -0.39 is 0 Å². The fraction of sp³-hybridized carbons (Fsp3) is 0.414. The van der Waals surface area contributed by atoms with E-state index in [0.29, 0.717) is 32.2 Å². The summed E-state index contributed by atoms with van der Waals surface area (Å²) in [5, 5.41) is 11.3. The third kappa shape index (κ3) is 8.65. The van der Waals surface area contributed by atoms with Crippen molar-refractivity contribution < 1.29 is 9.59 Å². The van der Waals surface area contributed by atoms with E-state index in [-0.39, 0.29) is 49.7 Å². The quantitative estimate of drug-likeness (QED) is 0.323. The molecule has 0 saturated carbocycles. The number of nitrogens with one attached hydrogen (secondary N) is 2. The van der Waals surface area contributed by atoms with Gasteiger partial charge in [-0.15, -0.1) is 36.2 Å². The third-order valence-corrected chi connectivity index (χ3v) is 7.72. The monoisotopic (exact) mass is 606 g/mol. The van der Waals surface area contributed by atoms with E-state index in [1.165, 1.54) is 11.1 Å². The predicted molar refractivity (Wildman–Crippen MR) is 168 cm³/mol. The van der Waals surface area contributed by atoms with Crippen molar-refractivity contribution in [2.75, 3.05) is 38.5 Å². The average molecular weight is 608 g/mol. The van der Waals surface area contributed by atoms with Crippen LogP contribution in [-0.4, -0.2) is 71.0 Å². The molecule has 40 heavy (non-hydrogen) atoms. The number of halogens is 2. The summed E-state index contributed by atoms with van der Waals surface area (Å²) >= 11 is 1.64. The van der Waals surface area contributed by atoms with Gasteiger partial charge in [-0.05, 0) is 36.6 Å². The molecule has 218 valence electrons. The molecule has 3 aromatic rings. The first-order chi connectivity index (χ1) is 18.2. The Labute approximate surface area is 253 Å². The van der Waals surface area contributed by atoms with Gasteiger partial charge in [-0.2, -0.15) is 0 Å². The maximum absolute atomic E-state index is 13.4. The van der Waals surface area contributed by atoms with Gasteiger partial charge >= 0.3 is 0 Å². The molecule has 4 rings (SSSR count). The number of hydrogen-bond acceptors (Lipinski definition) is 7. The maximum Gasteiger partial charge on any atom is 0.256 e. The van der Waals surface area contributed by atoms with Gasteiger partial charge in [0.2, 0.25) is 5.91 Å². The summed E-state index contributed by atoms with van der Waals surface area (Å²) in [6.45, 7) is 10.8. The first-order valence-corrected chi connectivity index (χ1v) is 13.9. The highest BCUT2D eigenvalue weighted by Gasteiger charge is 2.27. The summed E-state index contributed by atoms with van der Waals surface area (Å²) < 4.78 is 0. The number of thiazole rings is 1. The van der Waals surface area contributed by atoms with Crippen LogP contribution in [0.4, 0.5) is 5.69 Å². The van der Waals surface area contributed by atoms with Crippen LogP contribution in [-0.2, 0) is 22.7 Å². The Morgan fingerprint density at radius 3 is 2.33 bits per heavy atom. The van der Waals surface area contributed by atoms with Crippen molar-refractivity contribution in [3.63, 3.8) is 0 Å². The van der Waals surface area contributed by atoms with Crippen LogP contribution >= 0.6 is 36.2 Å². The van der Waals surface area contributed by atoms with Gasteiger partial charge in [-0.1, -0.05) is 50.2 Å². The Morgan fingerprint density at radius 1 is 1.05 bits per heavy atom. The maximum atomic E-state index is 13.4. The Kier molecular flexibility index (Phi) is 12.9. The van der Waals surface area contributed by atoms with E-state index in [1.54, 1.807) is 28.3 Å². The molecule has 0 saturated heterocycles. The van der Waals surface area contributed by atoms with Crippen molar-refractivity contribution in [3.8, 4) is 10.6 Å². The number of hydrazine groups is 1. The molecule has 0 aliphatic carbocycles. The van der Waals surface area contributed by atoms with Gasteiger partial charge in [-0.3, -0.25) is 14.6 Å². The highest BCUT2D eigenvalue weighted by molar-refractivity contribution is 7.14. The van der Waals surface area contributed by atoms with Crippen LogP contribution in [0.2, 0.25) is 0 Å². The number of fused-ring (bicyclic) bond motifs is 1. The van der Waals surface area contributed by atoms with Crippen LogP contribution in [0, 0.1) is 13.8 Å². The molecule has 1 aromatic heterocycles. The molecule has 2 aromatic carbocycles. The van der Waals surface area contributed by atoms with E-state index in [1.807, 2.05) is 49.3 Å². The van der Waals surface area contributed by atoms with Crippen LogP contribution in [0.15, 0.2) is 48.7 Å². The minimum Gasteiger partial charge on any atom is -0.376 e. The van der Waals surface area contributed by atoms with Gasteiger partial charge in [0.15, 0.2) is 0 Å². The number of benzene rings is 2. The summed E-state index contributed by atoms with van der Waals surface area (Å²) in [6, 6.07) is 14.7. The smallest absolute Gasteiger partial charge is 0.256 e. The van der Waals surface area contributed by atoms with Gasteiger partial charge in [0.05, 0.1) is 6.54 Å². The highest BCUT2D eigenvalue weighted by Crippen LogP contribution is 2.28. The second kappa shape index (κ2) is 15.3. The lowest BCUT2D eigenvalue weighted by atomic mass is 10.1. The van der Waals surface area contributed by atoms with Gasteiger partial charge < -0.3 is 15.5 Å². The zero-order chi connectivity index (χ0) is 27.2. The average Bonchev–Trinajstić information content (AvgIpc) is 3.53. The van der Waals surface area contributed by atoms with Crippen LogP contribution < -0.4 is 10.6 Å². The normalized spacial score (nSPS) is 12.3. The van der Waals surface area contributed by atoms with Crippen molar-refractivity contribution >= 4 is 53.7 Å². The molecule has 2 N–H and O–H groups in total. The summed E-state index contributed by atoms with van der Waals surface area (Å²) in [7, 11) is 1.79. The molecule has 8 nitrogen and oxygen atoms in total. The molecule has 0 atom stereocenters. The SMILES string of the molecule is Cc1cnc(-c2ccc(C)c(NCC(=O)N(CCNC(C)C)CC(=O)N(C)N3Cc4ccccc4C3)c2)s1.Cl.Cl. The molecule has 0 bridgehead atoms. The van der Waals surface area contributed by atoms with E-state index in [9.17, 15) is 9.59 Å². The van der Waals surface area contributed by atoms with Crippen LogP contribution in [0.3, 0.4) is 0 Å². The Hall–Kier alpha value is -2.69.